The van der Waals surface area contributed by atoms with E-state index in [9.17, 15) is 13.2 Å². The summed E-state index contributed by atoms with van der Waals surface area (Å²) in [6.07, 6.45) is 0.802. The first kappa shape index (κ1) is 24.8. The van der Waals surface area contributed by atoms with Crippen LogP contribution in [0.5, 0.6) is 0 Å². The Balaban J connectivity index is 1.65. The molecule has 0 radical (unpaired) electrons. The molecule has 1 amide bonds. The molecule has 7 nitrogen and oxygen atoms in total. The van der Waals surface area contributed by atoms with E-state index in [2.05, 4.69) is 22.2 Å². The summed E-state index contributed by atoms with van der Waals surface area (Å²) < 4.78 is 27.7. The van der Waals surface area contributed by atoms with Crippen molar-refractivity contribution >= 4 is 44.8 Å². The van der Waals surface area contributed by atoms with Crippen molar-refractivity contribution in [3.05, 3.63) is 58.6 Å². The van der Waals surface area contributed by atoms with Gasteiger partial charge in [0.05, 0.1) is 10.6 Å². The minimum absolute atomic E-state index is 0.0461. The van der Waals surface area contributed by atoms with Crippen molar-refractivity contribution < 1.29 is 13.2 Å². The third-order valence-corrected chi connectivity index (χ3v) is 7.63. The van der Waals surface area contributed by atoms with Crippen LogP contribution in [0.3, 0.4) is 0 Å². The monoisotopic (exact) mass is 498 g/mol. The molecule has 0 aliphatic carbocycles. The second-order valence-corrected chi connectivity index (χ2v) is 10.5. The van der Waals surface area contributed by atoms with Crippen LogP contribution in [0.1, 0.15) is 6.42 Å². The maximum atomic E-state index is 13.3. The average Bonchev–Trinajstić information content (AvgIpc) is 2.76. The van der Waals surface area contributed by atoms with Crippen LogP contribution in [-0.2, 0) is 14.8 Å². The quantitative estimate of drug-likeness (QED) is 0.538. The summed E-state index contributed by atoms with van der Waals surface area (Å²) in [5.41, 5.74) is 0.319. The minimum Gasteiger partial charge on any atom is -0.354 e. The SMILES string of the molecule is CN1CCN(CCCNC(=O)CN(c2cccc(Cl)c2)S(=O)(=O)c2ccc(Cl)cc2)CC1. The molecule has 1 N–H and O–H groups in total. The summed E-state index contributed by atoms with van der Waals surface area (Å²) in [6.45, 7) is 5.16. The van der Waals surface area contributed by atoms with E-state index in [4.69, 9.17) is 23.2 Å². The molecule has 2 aromatic rings. The number of hydrogen-bond donors (Lipinski definition) is 1. The smallest absolute Gasteiger partial charge is 0.264 e. The summed E-state index contributed by atoms with van der Waals surface area (Å²) in [5, 5.41) is 3.65. The maximum Gasteiger partial charge on any atom is 0.264 e. The lowest BCUT2D eigenvalue weighted by atomic mass is 10.3. The van der Waals surface area contributed by atoms with Gasteiger partial charge in [-0.1, -0.05) is 29.3 Å². The molecular weight excluding hydrogens is 471 g/mol. The molecule has 1 aliphatic heterocycles. The van der Waals surface area contributed by atoms with Gasteiger partial charge in [0.15, 0.2) is 0 Å². The fraction of sp³-hybridized carbons (Fsp3) is 0.409. The topological polar surface area (TPSA) is 73.0 Å². The third-order valence-electron chi connectivity index (χ3n) is 5.35. The molecule has 1 fully saturated rings. The minimum atomic E-state index is -3.99. The summed E-state index contributed by atoms with van der Waals surface area (Å²) in [7, 11) is -1.88. The van der Waals surface area contributed by atoms with Crippen LogP contribution < -0.4 is 9.62 Å². The first-order valence-corrected chi connectivity index (χ1v) is 12.7. The van der Waals surface area contributed by atoms with Crippen molar-refractivity contribution in [1.29, 1.82) is 0 Å². The number of carbonyl (C=O) groups is 1. The zero-order chi connectivity index (χ0) is 23.1. The predicted octanol–water partition coefficient (Wildman–Crippen LogP) is 2.94. The van der Waals surface area contributed by atoms with Gasteiger partial charge in [-0.05, 0) is 62.5 Å². The molecule has 0 aromatic heterocycles. The van der Waals surface area contributed by atoms with Crippen molar-refractivity contribution in [3.63, 3.8) is 0 Å². The zero-order valence-corrected chi connectivity index (χ0v) is 20.3. The molecule has 174 valence electrons. The molecule has 1 aliphatic rings. The van der Waals surface area contributed by atoms with Gasteiger partial charge in [0.2, 0.25) is 5.91 Å². The fourth-order valence-electron chi connectivity index (χ4n) is 3.47. The second kappa shape index (κ2) is 11.3. The summed E-state index contributed by atoms with van der Waals surface area (Å²) in [4.78, 5) is 17.4. The lowest BCUT2D eigenvalue weighted by Gasteiger charge is -2.32. The molecular formula is C22H28Cl2N4O3S. The molecule has 0 unspecified atom stereocenters. The highest BCUT2D eigenvalue weighted by molar-refractivity contribution is 7.92. The normalized spacial score (nSPS) is 15.5. The number of likely N-dealkylation sites (N-methyl/N-ethyl adjacent to an activating group) is 1. The van der Waals surface area contributed by atoms with Gasteiger partial charge in [0, 0.05) is 42.8 Å². The summed E-state index contributed by atoms with van der Waals surface area (Å²) >= 11 is 12.0. The Hall–Kier alpha value is -1.84. The first-order chi connectivity index (χ1) is 15.3. The van der Waals surface area contributed by atoms with E-state index in [0.717, 1.165) is 43.4 Å². The number of benzene rings is 2. The van der Waals surface area contributed by atoms with E-state index in [-0.39, 0.29) is 17.3 Å². The molecule has 10 heteroatoms. The van der Waals surface area contributed by atoms with Crippen molar-refractivity contribution in [2.75, 3.05) is 57.2 Å². The highest BCUT2D eigenvalue weighted by Crippen LogP contribution is 2.26. The van der Waals surface area contributed by atoms with Gasteiger partial charge in [-0.25, -0.2) is 8.42 Å². The molecule has 0 bridgehead atoms. The van der Waals surface area contributed by atoms with Crippen LogP contribution in [0.2, 0.25) is 10.0 Å². The number of amides is 1. The van der Waals surface area contributed by atoms with Crippen molar-refractivity contribution in [1.82, 2.24) is 15.1 Å². The number of nitrogens with zero attached hydrogens (tertiary/aromatic N) is 3. The molecule has 2 aromatic carbocycles. The van der Waals surface area contributed by atoms with Gasteiger partial charge < -0.3 is 15.1 Å². The van der Waals surface area contributed by atoms with Gasteiger partial charge in [-0.2, -0.15) is 0 Å². The number of hydrogen-bond acceptors (Lipinski definition) is 5. The van der Waals surface area contributed by atoms with E-state index < -0.39 is 10.0 Å². The second-order valence-electron chi connectivity index (χ2n) is 7.79. The summed E-state index contributed by atoms with van der Waals surface area (Å²) in [5.74, 6) is -0.374. The van der Waals surface area contributed by atoms with E-state index >= 15 is 0 Å². The molecule has 0 saturated carbocycles. The zero-order valence-electron chi connectivity index (χ0n) is 18.0. The van der Waals surface area contributed by atoms with E-state index in [1.807, 2.05) is 0 Å². The lowest BCUT2D eigenvalue weighted by Crippen LogP contribution is -2.45. The Morgan fingerprint density at radius 2 is 1.72 bits per heavy atom. The molecule has 0 spiro atoms. The summed E-state index contributed by atoms with van der Waals surface area (Å²) in [6, 6.07) is 12.3. The van der Waals surface area contributed by atoms with Crippen molar-refractivity contribution in [3.8, 4) is 0 Å². The van der Waals surface area contributed by atoms with Crippen molar-refractivity contribution in [2.24, 2.45) is 0 Å². The van der Waals surface area contributed by atoms with Gasteiger partial charge in [0.1, 0.15) is 6.54 Å². The number of sulfonamides is 1. The number of rotatable bonds is 9. The Morgan fingerprint density at radius 3 is 2.38 bits per heavy atom. The Kier molecular flexibility index (Phi) is 8.79. The number of nitrogens with one attached hydrogen (secondary N) is 1. The van der Waals surface area contributed by atoms with Crippen LogP contribution in [-0.4, -0.2) is 77.0 Å². The Morgan fingerprint density at radius 1 is 1.03 bits per heavy atom. The average molecular weight is 499 g/mol. The van der Waals surface area contributed by atoms with Crippen LogP contribution in [0.4, 0.5) is 5.69 Å². The highest BCUT2D eigenvalue weighted by Gasteiger charge is 2.27. The largest absolute Gasteiger partial charge is 0.354 e. The Bertz CT molecular complexity index is 1010. The van der Waals surface area contributed by atoms with Crippen LogP contribution in [0.25, 0.3) is 0 Å². The van der Waals surface area contributed by atoms with Crippen LogP contribution in [0, 0.1) is 0 Å². The molecule has 1 heterocycles. The standard InChI is InChI=1S/C22H28Cl2N4O3S/c1-26-12-14-27(15-13-26)11-3-10-25-22(29)17-28(20-5-2-4-19(24)16-20)32(30,31)21-8-6-18(23)7-9-21/h2,4-9,16H,3,10-15,17H2,1H3,(H,25,29). The van der Waals surface area contributed by atoms with Crippen LogP contribution in [0.15, 0.2) is 53.4 Å². The van der Waals surface area contributed by atoms with E-state index in [1.54, 1.807) is 18.2 Å². The first-order valence-electron chi connectivity index (χ1n) is 10.5. The number of carbonyl (C=O) groups excluding carboxylic acids is 1. The molecule has 0 atom stereocenters. The number of halogens is 2. The fourth-order valence-corrected chi connectivity index (χ4v) is 5.19. The van der Waals surface area contributed by atoms with Gasteiger partial charge in [-0.3, -0.25) is 9.10 Å². The lowest BCUT2D eigenvalue weighted by molar-refractivity contribution is -0.119. The van der Waals surface area contributed by atoms with Crippen molar-refractivity contribution in [2.45, 2.75) is 11.3 Å². The molecule has 3 rings (SSSR count). The molecule has 1 saturated heterocycles. The molecule has 32 heavy (non-hydrogen) atoms. The van der Waals surface area contributed by atoms with Gasteiger partial charge in [0.25, 0.3) is 10.0 Å². The van der Waals surface area contributed by atoms with Crippen LogP contribution >= 0.6 is 23.2 Å². The van der Waals surface area contributed by atoms with Gasteiger partial charge >= 0.3 is 0 Å². The third kappa shape index (κ3) is 6.83. The van der Waals surface area contributed by atoms with Gasteiger partial charge in [-0.15, -0.1) is 0 Å². The van der Waals surface area contributed by atoms with E-state index in [0.29, 0.717) is 22.3 Å². The highest BCUT2D eigenvalue weighted by atomic mass is 35.5. The van der Waals surface area contributed by atoms with E-state index in [1.165, 1.54) is 30.3 Å². The predicted molar refractivity (Wildman–Crippen MR) is 129 cm³/mol. The maximum absolute atomic E-state index is 13.3. The Labute approximate surface area is 199 Å². The number of piperazine rings is 1. The number of anilines is 1.